The highest BCUT2D eigenvalue weighted by Crippen LogP contribution is 2.32. The van der Waals surface area contributed by atoms with Gasteiger partial charge in [0.15, 0.2) is 0 Å². The highest BCUT2D eigenvalue weighted by Gasteiger charge is 2.44. The fourth-order valence-electron chi connectivity index (χ4n) is 1.11. The van der Waals surface area contributed by atoms with Gasteiger partial charge in [0.2, 0.25) is 0 Å². The fraction of sp³-hybridized carbons (Fsp3) is 0.667. The van der Waals surface area contributed by atoms with Gasteiger partial charge in [-0.2, -0.15) is 0 Å². The Balaban J connectivity index is 2.13. The lowest BCUT2D eigenvalue weighted by atomic mass is 10.1. The van der Waals surface area contributed by atoms with Crippen molar-refractivity contribution in [2.24, 2.45) is 0 Å². The van der Waals surface area contributed by atoms with E-state index in [0.29, 0.717) is 6.10 Å². The van der Waals surface area contributed by atoms with Gasteiger partial charge in [0.25, 0.3) is 0 Å². The summed E-state index contributed by atoms with van der Waals surface area (Å²) in [5, 5.41) is 9.01. The van der Waals surface area contributed by atoms with Crippen molar-refractivity contribution in [3.05, 3.63) is 12.2 Å². The van der Waals surface area contributed by atoms with Gasteiger partial charge in [0.05, 0.1) is 6.10 Å². The molecule has 0 saturated carbocycles. The molecule has 2 nitrogen and oxygen atoms in total. The zero-order valence-corrected chi connectivity index (χ0v) is 4.45. The van der Waals surface area contributed by atoms with Crippen LogP contribution in [0, 0.1) is 0 Å². The summed E-state index contributed by atoms with van der Waals surface area (Å²) in [5.41, 5.74) is 0. The van der Waals surface area contributed by atoms with Crippen molar-refractivity contribution in [3.8, 4) is 0 Å². The van der Waals surface area contributed by atoms with Gasteiger partial charge in [-0.05, 0) is 6.42 Å². The molecule has 1 saturated heterocycles. The zero-order valence-electron chi connectivity index (χ0n) is 4.45. The molecule has 8 heavy (non-hydrogen) atoms. The Morgan fingerprint density at radius 1 is 1.62 bits per heavy atom. The number of hydrogen-bond donors (Lipinski definition) is 1. The van der Waals surface area contributed by atoms with Crippen LogP contribution in [0.2, 0.25) is 0 Å². The summed E-state index contributed by atoms with van der Waals surface area (Å²) >= 11 is 0. The van der Waals surface area contributed by atoms with Crippen molar-refractivity contribution < 1.29 is 9.84 Å². The first kappa shape index (κ1) is 4.53. The molecule has 44 valence electrons. The predicted molar refractivity (Wildman–Crippen MR) is 28.4 cm³/mol. The maximum absolute atomic E-state index is 9.01. The maximum atomic E-state index is 9.01. The number of rotatable bonds is 0. The van der Waals surface area contributed by atoms with Gasteiger partial charge >= 0.3 is 0 Å². The van der Waals surface area contributed by atoms with Crippen LogP contribution in [0.25, 0.3) is 0 Å². The van der Waals surface area contributed by atoms with Crippen LogP contribution in [0.4, 0.5) is 0 Å². The zero-order chi connectivity index (χ0) is 5.56. The van der Waals surface area contributed by atoms with Crippen molar-refractivity contribution in [3.63, 3.8) is 0 Å². The monoisotopic (exact) mass is 112 g/mol. The molecule has 1 aliphatic heterocycles. The smallest absolute Gasteiger partial charge is 0.114 e. The first-order valence-corrected chi connectivity index (χ1v) is 2.88. The van der Waals surface area contributed by atoms with E-state index in [1.54, 1.807) is 6.08 Å². The number of aliphatic hydroxyl groups excluding tert-OH is 1. The number of epoxide rings is 1. The van der Waals surface area contributed by atoms with Gasteiger partial charge in [0.1, 0.15) is 12.2 Å². The molecule has 1 aliphatic carbocycles. The molecule has 0 radical (unpaired) electrons. The van der Waals surface area contributed by atoms with E-state index >= 15 is 0 Å². The molecule has 0 spiro atoms. The molecule has 0 bridgehead atoms. The minimum absolute atomic E-state index is 0.139. The minimum atomic E-state index is -0.325. The van der Waals surface area contributed by atoms with Crippen LogP contribution >= 0.6 is 0 Å². The van der Waals surface area contributed by atoms with E-state index in [0.717, 1.165) is 6.42 Å². The molecule has 0 aromatic heterocycles. The van der Waals surface area contributed by atoms with Gasteiger partial charge in [-0.1, -0.05) is 12.2 Å². The summed E-state index contributed by atoms with van der Waals surface area (Å²) in [7, 11) is 0. The summed E-state index contributed by atoms with van der Waals surface area (Å²) < 4.78 is 5.08. The first-order valence-electron chi connectivity index (χ1n) is 2.88. The van der Waals surface area contributed by atoms with Crippen molar-refractivity contribution in [1.29, 1.82) is 0 Å². The van der Waals surface area contributed by atoms with Crippen LogP contribution in [0.3, 0.4) is 0 Å². The lowest BCUT2D eigenvalue weighted by molar-refractivity contribution is 0.178. The number of hydrogen-bond acceptors (Lipinski definition) is 2. The second-order valence-corrected chi connectivity index (χ2v) is 2.29. The van der Waals surface area contributed by atoms with Crippen LogP contribution in [0.1, 0.15) is 6.42 Å². The highest BCUT2D eigenvalue weighted by molar-refractivity contribution is 5.09. The maximum Gasteiger partial charge on any atom is 0.114 e. The van der Waals surface area contributed by atoms with E-state index in [4.69, 9.17) is 9.84 Å². The third kappa shape index (κ3) is 0.501. The SMILES string of the molecule is OC1C=CCC2OC12. The Morgan fingerprint density at radius 2 is 2.50 bits per heavy atom. The van der Waals surface area contributed by atoms with E-state index in [9.17, 15) is 0 Å². The van der Waals surface area contributed by atoms with Gasteiger partial charge in [-0.15, -0.1) is 0 Å². The molecule has 1 fully saturated rings. The lowest BCUT2D eigenvalue weighted by Gasteiger charge is -2.02. The molecule has 1 N–H and O–H groups in total. The Hall–Kier alpha value is -0.340. The summed E-state index contributed by atoms with van der Waals surface area (Å²) in [6.07, 6.45) is 4.91. The standard InChI is InChI=1S/C6H8O2/c7-4-2-1-3-5-6(4)8-5/h1-2,4-7H,3H2. The molecular formula is C6H8O2. The summed E-state index contributed by atoms with van der Waals surface area (Å²) in [4.78, 5) is 0. The van der Waals surface area contributed by atoms with Crippen LogP contribution in [0.5, 0.6) is 0 Å². The second-order valence-electron chi connectivity index (χ2n) is 2.29. The van der Waals surface area contributed by atoms with Crippen LogP contribution in [-0.4, -0.2) is 23.4 Å². The van der Waals surface area contributed by atoms with E-state index in [-0.39, 0.29) is 12.2 Å². The average Bonchev–Trinajstić information content (AvgIpc) is 2.45. The van der Waals surface area contributed by atoms with Crippen molar-refractivity contribution in [1.82, 2.24) is 0 Å². The molecule has 3 atom stereocenters. The molecule has 2 heteroatoms. The molecule has 2 rings (SSSR count). The third-order valence-electron chi connectivity index (χ3n) is 1.66. The Labute approximate surface area is 47.8 Å². The van der Waals surface area contributed by atoms with E-state index in [1.165, 1.54) is 0 Å². The van der Waals surface area contributed by atoms with E-state index in [1.807, 2.05) is 6.08 Å². The average molecular weight is 112 g/mol. The van der Waals surface area contributed by atoms with Crippen molar-refractivity contribution in [2.45, 2.75) is 24.7 Å². The van der Waals surface area contributed by atoms with E-state index < -0.39 is 0 Å². The second kappa shape index (κ2) is 1.33. The van der Waals surface area contributed by atoms with Crippen LogP contribution < -0.4 is 0 Å². The Kier molecular flexibility index (Phi) is 0.754. The predicted octanol–water partition coefficient (Wildman–Crippen LogP) is 0.0746. The Bertz CT molecular complexity index is 130. The van der Waals surface area contributed by atoms with Gasteiger partial charge < -0.3 is 9.84 Å². The first-order chi connectivity index (χ1) is 3.88. The number of fused-ring (bicyclic) bond motifs is 1. The molecule has 0 aromatic rings. The molecule has 3 unspecified atom stereocenters. The highest BCUT2D eigenvalue weighted by atomic mass is 16.6. The third-order valence-corrected chi connectivity index (χ3v) is 1.66. The molecule has 2 aliphatic rings. The van der Waals surface area contributed by atoms with Crippen molar-refractivity contribution >= 4 is 0 Å². The molecule has 1 heterocycles. The normalized spacial score (nSPS) is 50.9. The van der Waals surface area contributed by atoms with Crippen LogP contribution in [0.15, 0.2) is 12.2 Å². The van der Waals surface area contributed by atoms with Gasteiger partial charge in [-0.25, -0.2) is 0 Å². The molecule has 0 aromatic carbocycles. The lowest BCUT2D eigenvalue weighted by Crippen LogP contribution is -2.16. The fourth-order valence-corrected chi connectivity index (χ4v) is 1.11. The summed E-state index contributed by atoms with van der Waals surface area (Å²) in [6.45, 7) is 0. The molecule has 0 amide bonds. The van der Waals surface area contributed by atoms with Crippen LogP contribution in [-0.2, 0) is 4.74 Å². The largest absolute Gasteiger partial charge is 0.386 e. The summed E-state index contributed by atoms with van der Waals surface area (Å²) in [5.74, 6) is 0. The topological polar surface area (TPSA) is 32.8 Å². The van der Waals surface area contributed by atoms with Crippen molar-refractivity contribution in [2.75, 3.05) is 0 Å². The quantitative estimate of drug-likeness (QED) is 0.355. The van der Waals surface area contributed by atoms with Gasteiger partial charge in [-0.3, -0.25) is 0 Å². The molecular weight excluding hydrogens is 104 g/mol. The van der Waals surface area contributed by atoms with Gasteiger partial charge in [0, 0.05) is 0 Å². The number of ether oxygens (including phenoxy) is 1. The minimum Gasteiger partial charge on any atom is -0.386 e. The van der Waals surface area contributed by atoms with E-state index in [2.05, 4.69) is 0 Å². The Morgan fingerprint density at radius 3 is 3.12 bits per heavy atom. The summed E-state index contributed by atoms with van der Waals surface area (Å²) in [6, 6.07) is 0. The number of aliphatic hydroxyl groups is 1.